The summed E-state index contributed by atoms with van der Waals surface area (Å²) in [7, 11) is 1.38. The highest BCUT2D eigenvalue weighted by Crippen LogP contribution is 2.53. The number of hydrogen-bond acceptors (Lipinski definition) is 8. The molecular weight excluding hydrogens is 450 g/mol. The third-order valence-electron chi connectivity index (χ3n) is 5.62. The summed E-state index contributed by atoms with van der Waals surface area (Å²) >= 11 is 6.53. The minimum absolute atomic E-state index is 0.00920. The predicted molar refractivity (Wildman–Crippen MR) is 119 cm³/mol. The van der Waals surface area contributed by atoms with Crippen LogP contribution < -0.4 is 10.1 Å². The number of fused-ring (bicyclic) bond motifs is 2. The van der Waals surface area contributed by atoms with Crippen molar-refractivity contribution in [2.24, 2.45) is 0 Å². The number of ketones is 2. The Kier molecular flexibility index (Phi) is 5.71. The number of hydrogen-bond donors (Lipinski definition) is 1. The number of esters is 2. The molecule has 170 valence electrons. The van der Waals surface area contributed by atoms with Gasteiger partial charge in [-0.05, 0) is 26.0 Å². The largest absolute Gasteiger partial charge is 0.495 e. The number of allylic oxidation sites excluding steroid dienone is 1. The van der Waals surface area contributed by atoms with E-state index in [1.807, 2.05) is 0 Å². The molecule has 0 amide bonds. The van der Waals surface area contributed by atoms with Crippen LogP contribution in [-0.2, 0) is 24.5 Å². The van der Waals surface area contributed by atoms with E-state index in [2.05, 4.69) is 5.32 Å². The van der Waals surface area contributed by atoms with Crippen molar-refractivity contribution in [1.29, 1.82) is 0 Å². The van der Waals surface area contributed by atoms with Crippen LogP contribution in [0.4, 0.5) is 5.69 Å². The van der Waals surface area contributed by atoms with Gasteiger partial charge in [0.15, 0.2) is 5.78 Å². The Morgan fingerprint density at radius 2 is 1.52 bits per heavy atom. The average molecular weight is 470 g/mol. The first kappa shape index (κ1) is 22.5. The fraction of sp³-hybridized carbons (Fsp3) is 0.250. The van der Waals surface area contributed by atoms with E-state index in [4.69, 9.17) is 25.8 Å². The molecule has 9 heteroatoms. The smallest absolute Gasteiger partial charge is 0.333 e. The first-order valence-electron chi connectivity index (χ1n) is 10.3. The molecule has 2 aliphatic rings. The van der Waals surface area contributed by atoms with E-state index in [-0.39, 0.29) is 57.6 Å². The lowest BCUT2D eigenvalue weighted by atomic mass is 9.65. The lowest BCUT2D eigenvalue weighted by molar-refractivity contribution is -0.162. The molecule has 1 heterocycles. The van der Waals surface area contributed by atoms with Crippen molar-refractivity contribution in [2.75, 3.05) is 25.6 Å². The fourth-order valence-electron chi connectivity index (χ4n) is 4.29. The Morgan fingerprint density at radius 1 is 0.939 bits per heavy atom. The van der Waals surface area contributed by atoms with Gasteiger partial charge in [-0.2, -0.15) is 0 Å². The van der Waals surface area contributed by atoms with Gasteiger partial charge in [0.1, 0.15) is 5.75 Å². The van der Waals surface area contributed by atoms with Gasteiger partial charge in [-0.3, -0.25) is 19.2 Å². The van der Waals surface area contributed by atoms with E-state index in [1.165, 1.54) is 31.4 Å². The van der Waals surface area contributed by atoms with Crippen LogP contribution in [0.2, 0.25) is 5.02 Å². The third-order valence-corrected chi connectivity index (χ3v) is 5.93. The van der Waals surface area contributed by atoms with Gasteiger partial charge in [-0.1, -0.05) is 35.9 Å². The predicted octanol–water partition coefficient (Wildman–Crippen LogP) is 3.47. The molecule has 8 nitrogen and oxygen atoms in total. The zero-order valence-corrected chi connectivity index (χ0v) is 18.9. The van der Waals surface area contributed by atoms with E-state index in [0.29, 0.717) is 0 Å². The van der Waals surface area contributed by atoms with E-state index in [1.54, 1.807) is 26.0 Å². The molecular formula is C24H20ClNO7. The van der Waals surface area contributed by atoms with Crippen LogP contribution in [0.3, 0.4) is 0 Å². The normalized spacial score (nSPS) is 15.6. The number of nitrogens with one attached hydrogen (secondary N) is 1. The molecule has 0 aromatic heterocycles. The van der Waals surface area contributed by atoms with Crippen LogP contribution in [0.25, 0.3) is 0 Å². The van der Waals surface area contributed by atoms with Crippen LogP contribution in [0.5, 0.6) is 5.75 Å². The first-order chi connectivity index (χ1) is 15.8. The summed E-state index contributed by atoms with van der Waals surface area (Å²) in [6, 6.07) is 9.12. The maximum atomic E-state index is 13.8. The Labute approximate surface area is 194 Å². The minimum atomic E-state index is -2.44. The van der Waals surface area contributed by atoms with E-state index < -0.39 is 28.9 Å². The molecule has 2 aromatic rings. The molecule has 0 radical (unpaired) electrons. The maximum Gasteiger partial charge on any atom is 0.333 e. The van der Waals surface area contributed by atoms with Gasteiger partial charge in [0.25, 0.3) is 0 Å². The number of methoxy groups -OCH3 is 1. The molecule has 1 aliphatic carbocycles. The van der Waals surface area contributed by atoms with Gasteiger partial charge < -0.3 is 19.5 Å². The first-order valence-corrected chi connectivity index (χ1v) is 10.6. The lowest BCUT2D eigenvalue weighted by Crippen LogP contribution is -2.54. The quantitative estimate of drug-likeness (QED) is 0.524. The standard InChI is InChI=1S/C24H20ClNO7/c1-4-32-22(29)24(23(30)33-5-2)16-14(25)10-11-15(31-3)18(16)26-19-17(24)20(27)12-8-6-7-9-13(12)21(19)28/h6-11,26H,4-5H2,1-3H3. The molecule has 0 bridgehead atoms. The van der Waals surface area contributed by atoms with Crippen molar-refractivity contribution in [3.05, 3.63) is 69.4 Å². The molecule has 4 rings (SSSR count). The van der Waals surface area contributed by atoms with Crippen molar-refractivity contribution < 1.29 is 33.4 Å². The number of ether oxygens (including phenoxy) is 3. The van der Waals surface area contributed by atoms with Crippen molar-refractivity contribution in [3.8, 4) is 5.75 Å². The minimum Gasteiger partial charge on any atom is -0.495 e. The summed E-state index contributed by atoms with van der Waals surface area (Å²) < 4.78 is 16.0. The Bertz CT molecular complexity index is 1230. The summed E-state index contributed by atoms with van der Waals surface area (Å²) in [6.07, 6.45) is 0. The molecule has 1 aliphatic heterocycles. The van der Waals surface area contributed by atoms with E-state index in [9.17, 15) is 19.2 Å². The number of rotatable bonds is 5. The second-order valence-corrected chi connectivity index (χ2v) is 7.68. The monoisotopic (exact) mass is 469 g/mol. The molecule has 0 saturated heterocycles. The summed E-state index contributed by atoms with van der Waals surface area (Å²) in [6.45, 7) is 2.94. The Balaban J connectivity index is 2.18. The van der Waals surface area contributed by atoms with Crippen molar-refractivity contribution in [3.63, 3.8) is 0 Å². The molecule has 0 fully saturated rings. The molecule has 1 N–H and O–H groups in total. The molecule has 0 saturated carbocycles. The van der Waals surface area contributed by atoms with Gasteiger partial charge in [0.2, 0.25) is 11.2 Å². The highest BCUT2D eigenvalue weighted by atomic mass is 35.5. The van der Waals surface area contributed by atoms with Crippen LogP contribution in [0, 0.1) is 0 Å². The van der Waals surface area contributed by atoms with Gasteiger partial charge in [-0.15, -0.1) is 0 Å². The number of benzene rings is 2. The van der Waals surface area contributed by atoms with Crippen LogP contribution in [0.15, 0.2) is 47.7 Å². The number of carbonyl (C=O) groups is 4. The van der Waals surface area contributed by atoms with Gasteiger partial charge in [-0.25, -0.2) is 0 Å². The Hall–Kier alpha value is -3.65. The Morgan fingerprint density at radius 3 is 2.06 bits per heavy atom. The van der Waals surface area contributed by atoms with Crippen LogP contribution in [-0.4, -0.2) is 43.8 Å². The summed E-state index contributed by atoms with van der Waals surface area (Å²) in [5, 5.41) is 2.90. The van der Waals surface area contributed by atoms with Gasteiger partial charge in [0, 0.05) is 21.7 Å². The van der Waals surface area contributed by atoms with Crippen molar-refractivity contribution >= 4 is 40.8 Å². The highest BCUT2D eigenvalue weighted by molar-refractivity contribution is 6.38. The zero-order valence-electron chi connectivity index (χ0n) is 18.1. The van der Waals surface area contributed by atoms with E-state index in [0.717, 1.165) is 0 Å². The van der Waals surface area contributed by atoms with E-state index >= 15 is 0 Å². The third kappa shape index (κ3) is 3.05. The zero-order chi connectivity index (χ0) is 23.9. The van der Waals surface area contributed by atoms with Crippen molar-refractivity contribution in [1.82, 2.24) is 0 Å². The second-order valence-electron chi connectivity index (χ2n) is 7.27. The summed E-state index contributed by atoms with van der Waals surface area (Å²) in [5.41, 5.74) is -2.82. The maximum absolute atomic E-state index is 13.8. The summed E-state index contributed by atoms with van der Waals surface area (Å²) in [5.74, 6) is -3.19. The average Bonchev–Trinajstić information content (AvgIpc) is 2.81. The number of carbonyl (C=O) groups excluding carboxylic acids is 4. The molecule has 33 heavy (non-hydrogen) atoms. The number of anilines is 1. The molecule has 2 aromatic carbocycles. The molecule has 0 atom stereocenters. The van der Waals surface area contributed by atoms with Crippen LogP contribution >= 0.6 is 11.6 Å². The topological polar surface area (TPSA) is 108 Å². The second kappa shape index (κ2) is 8.37. The highest BCUT2D eigenvalue weighted by Gasteiger charge is 2.63. The SMILES string of the molecule is CCOC(=O)C1(C(=O)OCC)C2=C(Nc3c(OC)ccc(Cl)c31)C(=O)c1ccccc1C2=O. The van der Waals surface area contributed by atoms with Gasteiger partial charge >= 0.3 is 11.9 Å². The number of halogens is 1. The molecule has 0 unspecified atom stereocenters. The van der Waals surface area contributed by atoms with Crippen molar-refractivity contribution in [2.45, 2.75) is 19.3 Å². The molecule has 0 spiro atoms. The fourth-order valence-corrected chi connectivity index (χ4v) is 4.59. The van der Waals surface area contributed by atoms with Crippen LogP contribution in [0.1, 0.15) is 40.1 Å². The van der Waals surface area contributed by atoms with Gasteiger partial charge in [0.05, 0.1) is 37.3 Å². The summed E-state index contributed by atoms with van der Waals surface area (Å²) in [4.78, 5) is 54.5. The number of Topliss-reactive ketones (excluding diaryl/α,β-unsaturated/α-hetero) is 2. The lowest BCUT2D eigenvalue weighted by Gasteiger charge is -2.40.